The molecule has 108 valence electrons. The van der Waals surface area contributed by atoms with Crippen LogP contribution in [0.5, 0.6) is 11.5 Å². The molecule has 2 aromatic rings. The highest BCUT2D eigenvalue weighted by atomic mass is 16.5. The third-order valence-electron chi connectivity index (χ3n) is 2.84. The second-order valence-corrected chi connectivity index (χ2v) is 4.25. The average Bonchev–Trinajstić information content (AvgIpc) is 2.52. The van der Waals surface area contributed by atoms with Gasteiger partial charge in [0.05, 0.1) is 18.2 Å². The number of Topliss-reactive ketones (excluding diaryl/α,β-unsaturated/α-hetero) is 1. The first kappa shape index (κ1) is 14.6. The van der Waals surface area contributed by atoms with Crippen LogP contribution >= 0.6 is 0 Å². The number of ketones is 1. The van der Waals surface area contributed by atoms with Crippen molar-refractivity contribution < 1.29 is 24.2 Å². The number of phenols is 1. The summed E-state index contributed by atoms with van der Waals surface area (Å²) in [6.07, 6.45) is 0. The number of aromatic hydroxyl groups is 1. The van der Waals surface area contributed by atoms with Gasteiger partial charge in [0.2, 0.25) is 5.78 Å². The van der Waals surface area contributed by atoms with Gasteiger partial charge in [-0.2, -0.15) is 0 Å². The second kappa shape index (κ2) is 6.56. The molecule has 0 spiro atoms. The molecule has 0 heterocycles. The number of ether oxygens (including phenoxy) is 2. The first-order valence-corrected chi connectivity index (χ1v) is 6.24. The summed E-state index contributed by atoms with van der Waals surface area (Å²) in [5.41, 5.74) is 0.624. The van der Waals surface area contributed by atoms with Gasteiger partial charge in [-0.3, -0.25) is 4.79 Å². The van der Waals surface area contributed by atoms with E-state index in [4.69, 9.17) is 14.6 Å². The molecule has 0 bridgehead atoms. The summed E-state index contributed by atoms with van der Waals surface area (Å²) in [4.78, 5) is 23.8. The highest BCUT2D eigenvalue weighted by Crippen LogP contribution is 2.18. The fraction of sp³-hybridized carbons (Fsp3) is 0.125. The molecule has 0 saturated heterocycles. The van der Waals surface area contributed by atoms with Crippen LogP contribution in [-0.4, -0.2) is 30.6 Å². The molecule has 2 aromatic carbocycles. The SMILES string of the molecule is COc1ccccc1C(=O)COC(=O)c1ccc(O)cc1. The number of methoxy groups -OCH3 is 1. The van der Waals surface area contributed by atoms with Gasteiger partial charge in [0.25, 0.3) is 0 Å². The van der Waals surface area contributed by atoms with Gasteiger partial charge < -0.3 is 14.6 Å². The highest BCUT2D eigenvalue weighted by Gasteiger charge is 2.15. The lowest BCUT2D eigenvalue weighted by atomic mass is 10.1. The van der Waals surface area contributed by atoms with Crippen molar-refractivity contribution in [2.24, 2.45) is 0 Å². The lowest BCUT2D eigenvalue weighted by Crippen LogP contribution is -2.15. The molecule has 0 aliphatic rings. The van der Waals surface area contributed by atoms with Crippen LogP contribution < -0.4 is 4.74 Å². The lowest BCUT2D eigenvalue weighted by molar-refractivity contribution is 0.0474. The summed E-state index contributed by atoms with van der Waals surface area (Å²) in [6.45, 7) is -0.375. The van der Waals surface area contributed by atoms with Gasteiger partial charge in [0, 0.05) is 0 Å². The van der Waals surface area contributed by atoms with Gasteiger partial charge in [-0.25, -0.2) is 4.79 Å². The summed E-state index contributed by atoms with van der Waals surface area (Å²) in [7, 11) is 1.47. The molecule has 1 N–H and O–H groups in total. The largest absolute Gasteiger partial charge is 0.508 e. The Balaban J connectivity index is 2.01. The van der Waals surface area contributed by atoms with E-state index in [0.717, 1.165) is 0 Å². The molecule has 2 rings (SSSR count). The van der Waals surface area contributed by atoms with Crippen LogP contribution in [0.2, 0.25) is 0 Å². The van der Waals surface area contributed by atoms with E-state index >= 15 is 0 Å². The third kappa shape index (κ3) is 3.60. The van der Waals surface area contributed by atoms with Crippen LogP contribution in [-0.2, 0) is 4.74 Å². The molecule has 0 saturated carbocycles. The van der Waals surface area contributed by atoms with Crippen LogP contribution in [0.15, 0.2) is 48.5 Å². The molecular formula is C16H14O5. The lowest BCUT2D eigenvalue weighted by Gasteiger charge is -2.08. The molecule has 5 nitrogen and oxygen atoms in total. The van der Waals surface area contributed by atoms with E-state index in [-0.39, 0.29) is 23.7 Å². The Bertz CT molecular complexity index is 646. The molecule has 0 amide bonds. The molecule has 0 atom stereocenters. The zero-order valence-electron chi connectivity index (χ0n) is 11.4. The fourth-order valence-corrected chi connectivity index (χ4v) is 1.76. The number of benzene rings is 2. The van der Waals surface area contributed by atoms with Crippen LogP contribution in [0, 0.1) is 0 Å². The normalized spacial score (nSPS) is 9.95. The maximum absolute atomic E-state index is 12.0. The number of carbonyl (C=O) groups excluding carboxylic acids is 2. The number of rotatable bonds is 5. The van der Waals surface area contributed by atoms with E-state index in [0.29, 0.717) is 11.3 Å². The first-order chi connectivity index (χ1) is 10.1. The molecule has 0 fully saturated rings. The van der Waals surface area contributed by atoms with Crippen molar-refractivity contribution >= 4 is 11.8 Å². The van der Waals surface area contributed by atoms with E-state index in [2.05, 4.69) is 0 Å². The summed E-state index contributed by atoms with van der Waals surface area (Å²) >= 11 is 0. The minimum absolute atomic E-state index is 0.0525. The molecule has 5 heteroatoms. The van der Waals surface area contributed by atoms with E-state index in [9.17, 15) is 9.59 Å². The highest BCUT2D eigenvalue weighted by molar-refractivity contribution is 6.01. The number of esters is 1. The van der Waals surface area contributed by atoms with Crippen LogP contribution in [0.4, 0.5) is 0 Å². The van der Waals surface area contributed by atoms with Crippen LogP contribution in [0.1, 0.15) is 20.7 Å². The van der Waals surface area contributed by atoms with Crippen molar-refractivity contribution in [3.8, 4) is 11.5 Å². The Labute approximate surface area is 121 Å². The molecular weight excluding hydrogens is 272 g/mol. The predicted octanol–water partition coefficient (Wildman–Crippen LogP) is 2.44. The van der Waals surface area contributed by atoms with Crippen molar-refractivity contribution in [3.05, 3.63) is 59.7 Å². The van der Waals surface area contributed by atoms with Gasteiger partial charge in [-0.05, 0) is 36.4 Å². The zero-order valence-corrected chi connectivity index (χ0v) is 11.4. The maximum atomic E-state index is 12.0. The number of para-hydroxylation sites is 1. The quantitative estimate of drug-likeness (QED) is 0.675. The summed E-state index contributed by atoms with van der Waals surface area (Å²) in [6, 6.07) is 12.3. The first-order valence-electron chi connectivity index (χ1n) is 6.24. The van der Waals surface area contributed by atoms with Crippen LogP contribution in [0.3, 0.4) is 0 Å². The number of phenolic OH excluding ortho intramolecular Hbond substituents is 1. The Morgan fingerprint density at radius 1 is 1.05 bits per heavy atom. The van der Waals surface area contributed by atoms with Crippen molar-refractivity contribution in [1.29, 1.82) is 0 Å². The summed E-state index contributed by atoms with van der Waals surface area (Å²) < 4.78 is 10.0. The van der Waals surface area contributed by atoms with Gasteiger partial charge in [-0.1, -0.05) is 12.1 Å². The minimum Gasteiger partial charge on any atom is -0.508 e. The Morgan fingerprint density at radius 3 is 2.38 bits per heavy atom. The molecule has 0 unspecified atom stereocenters. The van der Waals surface area contributed by atoms with Crippen molar-refractivity contribution in [1.82, 2.24) is 0 Å². The van der Waals surface area contributed by atoms with Gasteiger partial charge in [-0.15, -0.1) is 0 Å². The van der Waals surface area contributed by atoms with Crippen molar-refractivity contribution in [2.45, 2.75) is 0 Å². The maximum Gasteiger partial charge on any atom is 0.338 e. The zero-order chi connectivity index (χ0) is 15.2. The van der Waals surface area contributed by atoms with E-state index in [1.165, 1.54) is 31.4 Å². The van der Waals surface area contributed by atoms with Crippen molar-refractivity contribution in [2.75, 3.05) is 13.7 Å². The monoisotopic (exact) mass is 286 g/mol. The summed E-state index contributed by atoms with van der Waals surface area (Å²) in [5.74, 6) is -0.488. The third-order valence-corrected chi connectivity index (χ3v) is 2.84. The number of hydrogen-bond acceptors (Lipinski definition) is 5. The molecule has 0 aliphatic heterocycles. The summed E-state index contributed by atoms with van der Waals surface area (Å²) in [5, 5.41) is 9.14. The molecule has 0 aliphatic carbocycles. The Morgan fingerprint density at radius 2 is 1.71 bits per heavy atom. The van der Waals surface area contributed by atoms with Crippen molar-refractivity contribution in [3.63, 3.8) is 0 Å². The minimum atomic E-state index is -0.627. The predicted molar refractivity (Wildman–Crippen MR) is 75.7 cm³/mol. The standard InChI is InChI=1S/C16H14O5/c1-20-15-5-3-2-4-13(15)14(18)10-21-16(19)11-6-8-12(17)9-7-11/h2-9,17H,10H2,1H3. The second-order valence-electron chi connectivity index (χ2n) is 4.25. The Kier molecular flexibility index (Phi) is 4.56. The smallest absolute Gasteiger partial charge is 0.338 e. The average molecular weight is 286 g/mol. The molecule has 21 heavy (non-hydrogen) atoms. The van der Waals surface area contributed by atoms with Crippen LogP contribution in [0.25, 0.3) is 0 Å². The molecule has 0 aromatic heterocycles. The Hall–Kier alpha value is -2.82. The number of hydrogen-bond donors (Lipinski definition) is 1. The topological polar surface area (TPSA) is 72.8 Å². The van der Waals surface area contributed by atoms with Gasteiger partial charge >= 0.3 is 5.97 Å². The number of carbonyl (C=O) groups is 2. The van der Waals surface area contributed by atoms with E-state index in [1.807, 2.05) is 0 Å². The van der Waals surface area contributed by atoms with E-state index < -0.39 is 5.97 Å². The fourth-order valence-electron chi connectivity index (χ4n) is 1.76. The molecule has 0 radical (unpaired) electrons. The van der Waals surface area contributed by atoms with Gasteiger partial charge in [0.15, 0.2) is 6.61 Å². The van der Waals surface area contributed by atoms with Gasteiger partial charge in [0.1, 0.15) is 11.5 Å². The van der Waals surface area contributed by atoms with E-state index in [1.54, 1.807) is 24.3 Å².